The maximum atomic E-state index is 10.9. The van der Waals surface area contributed by atoms with Crippen molar-refractivity contribution in [3.05, 3.63) is 63.7 Å². The fourth-order valence-corrected chi connectivity index (χ4v) is 2.16. The van der Waals surface area contributed by atoms with Gasteiger partial charge in [0.05, 0.1) is 10.6 Å². The number of carboxylic acids is 1. The number of nitrogens with zero attached hydrogens (tertiary/aromatic N) is 1. The van der Waals surface area contributed by atoms with Gasteiger partial charge in [0.25, 0.3) is 5.69 Å². The van der Waals surface area contributed by atoms with E-state index in [4.69, 9.17) is 5.11 Å². The Labute approximate surface area is 132 Å². The molecule has 0 aromatic heterocycles. The van der Waals surface area contributed by atoms with Crippen LogP contribution in [0.5, 0.6) is 5.75 Å². The second-order valence-corrected chi connectivity index (χ2v) is 4.96. The van der Waals surface area contributed by atoms with Crippen LogP contribution in [0, 0.1) is 10.1 Å². The number of nitro groups is 1. The van der Waals surface area contributed by atoms with Gasteiger partial charge in [-0.1, -0.05) is 18.2 Å². The normalized spacial score (nSPS) is 10.3. The third kappa shape index (κ3) is 4.19. The average Bonchev–Trinajstić information content (AvgIpc) is 2.53. The molecule has 0 fully saturated rings. The Balaban J connectivity index is 1.87. The lowest BCUT2D eigenvalue weighted by Crippen LogP contribution is -2.05. The highest BCUT2D eigenvalue weighted by Gasteiger charge is 2.12. The van der Waals surface area contributed by atoms with Gasteiger partial charge in [0.1, 0.15) is 5.56 Å². The zero-order chi connectivity index (χ0) is 16.8. The van der Waals surface area contributed by atoms with Crippen molar-refractivity contribution in [1.29, 1.82) is 0 Å². The standard InChI is InChI=1S/C16H16N2O5/c19-15-13(16(20)21)4-1-5-14(15)17-10-2-3-11-6-8-12(9-7-11)18(22)23/h1,4-9,17,19H,2-3,10H2,(H,20,21). The highest BCUT2D eigenvalue weighted by Crippen LogP contribution is 2.27. The van der Waals surface area contributed by atoms with E-state index in [1.807, 2.05) is 0 Å². The Morgan fingerprint density at radius 2 is 1.87 bits per heavy atom. The van der Waals surface area contributed by atoms with E-state index >= 15 is 0 Å². The minimum absolute atomic E-state index is 0.0577. The highest BCUT2D eigenvalue weighted by atomic mass is 16.6. The molecule has 0 saturated carbocycles. The summed E-state index contributed by atoms with van der Waals surface area (Å²) in [6.45, 7) is 0.535. The first-order valence-corrected chi connectivity index (χ1v) is 7.01. The molecule has 0 bridgehead atoms. The Morgan fingerprint density at radius 3 is 2.48 bits per heavy atom. The number of carbonyl (C=O) groups is 1. The number of aromatic hydroxyl groups is 1. The number of carboxylic acid groups (broad SMARTS) is 1. The number of hydrogen-bond acceptors (Lipinski definition) is 5. The number of hydrogen-bond donors (Lipinski definition) is 3. The van der Waals surface area contributed by atoms with Gasteiger partial charge >= 0.3 is 5.97 Å². The third-order valence-electron chi connectivity index (χ3n) is 3.37. The predicted molar refractivity (Wildman–Crippen MR) is 85.0 cm³/mol. The van der Waals surface area contributed by atoms with E-state index in [1.165, 1.54) is 18.2 Å². The molecule has 0 heterocycles. The van der Waals surface area contributed by atoms with Gasteiger partial charge in [-0.2, -0.15) is 0 Å². The average molecular weight is 316 g/mol. The van der Waals surface area contributed by atoms with Crippen LogP contribution in [-0.4, -0.2) is 27.7 Å². The second-order valence-electron chi connectivity index (χ2n) is 4.96. The number of benzene rings is 2. The van der Waals surface area contributed by atoms with Crippen molar-refractivity contribution in [1.82, 2.24) is 0 Å². The Kier molecular flexibility index (Phi) is 5.14. The Bertz CT molecular complexity index is 713. The number of aromatic carboxylic acids is 1. The van der Waals surface area contributed by atoms with Crippen molar-refractivity contribution in [3.8, 4) is 5.75 Å². The van der Waals surface area contributed by atoms with Crippen molar-refractivity contribution in [3.63, 3.8) is 0 Å². The number of non-ortho nitro benzene ring substituents is 1. The van der Waals surface area contributed by atoms with Gasteiger partial charge in [0, 0.05) is 18.7 Å². The Morgan fingerprint density at radius 1 is 1.17 bits per heavy atom. The SMILES string of the molecule is O=C(O)c1cccc(NCCCc2ccc([N+](=O)[O-])cc2)c1O. The molecular formula is C16H16N2O5. The number of rotatable bonds is 7. The van der Waals surface area contributed by atoms with Crippen LogP contribution in [0.15, 0.2) is 42.5 Å². The van der Waals surface area contributed by atoms with E-state index in [2.05, 4.69) is 5.32 Å². The summed E-state index contributed by atoms with van der Waals surface area (Å²) in [5.41, 5.74) is 1.25. The fourth-order valence-electron chi connectivity index (χ4n) is 2.16. The molecule has 0 atom stereocenters. The summed E-state index contributed by atoms with van der Waals surface area (Å²) in [6.07, 6.45) is 1.44. The van der Waals surface area contributed by atoms with Gasteiger partial charge in [-0.15, -0.1) is 0 Å². The maximum absolute atomic E-state index is 10.9. The third-order valence-corrected chi connectivity index (χ3v) is 3.37. The van der Waals surface area contributed by atoms with Crippen LogP contribution in [0.2, 0.25) is 0 Å². The molecule has 7 nitrogen and oxygen atoms in total. The molecule has 0 aliphatic carbocycles. The largest absolute Gasteiger partial charge is 0.505 e. The van der Waals surface area contributed by atoms with Crippen molar-refractivity contribution < 1.29 is 19.9 Å². The summed E-state index contributed by atoms with van der Waals surface area (Å²) < 4.78 is 0. The molecule has 0 saturated heterocycles. The first kappa shape index (κ1) is 16.3. The highest BCUT2D eigenvalue weighted by molar-refractivity contribution is 5.93. The molecule has 7 heteroatoms. The molecule has 120 valence electrons. The van der Waals surface area contributed by atoms with E-state index in [-0.39, 0.29) is 17.0 Å². The minimum Gasteiger partial charge on any atom is -0.505 e. The molecular weight excluding hydrogens is 300 g/mol. The molecule has 0 radical (unpaired) electrons. The van der Waals surface area contributed by atoms with Crippen LogP contribution in [0.25, 0.3) is 0 Å². The molecule has 23 heavy (non-hydrogen) atoms. The van der Waals surface area contributed by atoms with Gasteiger partial charge in [-0.05, 0) is 30.5 Å². The van der Waals surface area contributed by atoms with E-state index in [9.17, 15) is 20.0 Å². The minimum atomic E-state index is -1.18. The second kappa shape index (κ2) is 7.26. The topological polar surface area (TPSA) is 113 Å². The summed E-state index contributed by atoms with van der Waals surface area (Å²) in [5.74, 6) is -1.47. The fraction of sp³-hybridized carbons (Fsp3) is 0.188. The summed E-state index contributed by atoms with van der Waals surface area (Å²) in [4.78, 5) is 21.1. The number of anilines is 1. The molecule has 0 spiro atoms. The maximum Gasteiger partial charge on any atom is 0.339 e. The molecule has 0 unspecified atom stereocenters. The molecule has 0 aliphatic rings. The zero-order valence-electron chi connectivity index (χ0n) is 12.2. The lowest BCUT2D eigenvalue weighted by molar-refractivity contribution is -0.384. The smallest absolute Gasteiger partial charge is 0.339 e. The quantitative estimate of drug-likeness (QED) is 0.313. The number of para-hydroxylation sites is 1. The number of nitrogens with one attached hydrogen (secondary N) is 1. The van der Waals surface area contributed by atoms with Crippen molar-refractivity contribution in [2.24, 2.45) is 0 Å². The summed E-state index contributed by atoms with van der Waals surface area (Å²) in [6, 6.07) is 10.8. The Hall–Kier alpha value is -3.09. The lowest BCUT2D eigenvalue weighted by Gasteiger charge is -2.10. The number of aryl methyl sites for hydroxylation is 1. The van der Waals surface area contributed by atoms with Crippen molar-refractivity contribution in [2.75, 3.05) is 11.9 Å². The molecule has 2 rings (SSSR count). The summed E-state index contributed by atoms with van der Waals surface area (Å²) in [5, 5.41) is 32.3. The van der Waals surface area contributed by atoms with E-state index < -0.39 is 10.9 Å². The van der Waals surface area contributed by atoms with E-state index in [1.54, 1.807) is 24.3 Å². The van der Waals surface area contributed by atoms with Crippen LogP contribution < -0.4 is 5.32 Å². The number of phenols is 1. The predicted octanol–water partition coefficient (Wildman–Crippen LogP) is 3.04. The molecule has 2 aromatic carbocycles. The molecule has 0 amide bonds. The summed E-state index contributed by atoms with van der Waals surface area (Å²) in [7, 11) is 0. The van der Waals surface area contributed by atoms with Gasteiger partial charge in [0.15, 0.2) is 5.75 Å². The van der Waals surface area contributed by atoms with Gasteiger partial charge < -0.3 is 15.5 Å². The first-order valence-electron chi connectivity index (χ1n) is 7.01. The number of nitro benzene ring substituents is 1. The van der Waals surface area contributed by atoms with Crippen LogP contribution in [-0.2, 0) is 6.42 Å². The van der Waals surface area contributed by atoms with Gasteiger partial charge in [0.2, 0.25) is 0 Å². The van der Waals surface area contributed by atoms with Crippen molar-refractivity contribution >= 4 is 17.3 Å². The zero-order valence-corrected chi connectivity index (χ0v) is 12.2. The van der Waals surface area contributed by atoms with E-state index in [0.717, 1.165) is 12.0 Å². The van der Waals surface area contributed by atoms with Gasteiger partial charge in [-0.3, -0.25) is 10.1 Å². The molecule has 0 aliphatic heterocycles. The van der Waals surface area contributed by atoms with Gasteiger partial charge in [-0.25, -0.2) is 4.79 Å². The monoisotopic (exact) mass is 316 g/mol. The lowest BCUT2D eigenvalue weighted by atomic mass is 10.1. The van der Waals surface area contributed by atoms with Crippen molar-refractivity contribution in [2.45, 2.75) is 12.8 Å². The molecule has 3 N–H and O–H groups in total. The first-order chi connectivity index (χ1) is 11.0. The van der Waals surface area contributed by atoms with Crippen LogP contribution in [0.1, 0.15) is 22.3 Å². The summed E-state index contributed by atoms with van der Waals surface area (Å²) >= 11 is 0. The van der Waals surface area contributed by atoms with Crippen LogP contribution >= 0.6 is 0 Å². The van der Waals surface area contributed by atoms with Crippen LogP contribution in [0.3, 0.4) is 0 Å². The van der Waals surface area contributed by atoms with E-state index in [0.29, 0.717) is 18.7 Å². The van der Waals surface area contributed by atoms with Crippen LogP contribution in [0.4, 0.5) is 11.4 Å². The molecule has 2 aromatic rings.